The van der Waals surface area contributed by atoms with Gasteiger partial charge in [0.1, 0.15) is 0 Å². The van der Waals surface area contributed by atoms with E-state index in [2.05, 4.69) is 5.10 Å². The van der Waals surface area contributed by atoms with Gasteiger partial charge in [0, 0.05) is 12.7 Å². The molecule has 0 amide bonds. The zero-order valence-electron chi connectivity index (χ0n) is 18.4. The minimum Gasteiger partial charge on any atom is -0.298 e. The SMILES string of the molecule is Cc1c(-c2c(C=O)cnn2-c2ccc(C#N)cc2)c(=O)n(C)c(=O)n1-c1cccc(C(F)(F)F)c1. The van der Waals surface area contributed by atoms with E-state index in [-0.39, 0.29) is 28.2 Å². The van der Waals surface area contributed by atoms with Gasteiger partial charge in [-0.05, 0) is 49.4 Å². The van der Waals surface area contributed by atoms with E-state index in [1.807, 2.05) is 6.07 Å². The van der Waals surface area contributed by atoms with Crippen molar-refractivity contribution < 1.29 is 18.0 Å². The van der Waals surface area contributed by atoms with E-state index in [1.165, 1.54) is 43.0 Å². The Morgan fingerprint density at radius 3 is 2.34 bits per heavy atom. The minimum absolute atomic E-state index is 0.0240. The molecular weight excluding hydrogens is 463 g/mol. The number of aldehydes is 1. The molecule has 2 aromatic carbocycles. The third kappa shape index (κ3) is 3.95. The average Bonchev–Trinajstić information content (AvgIpc) is 3.26. The van der Waals surface area contributed by atoms with E-state index in [0.29, 0.717) is 17.5 Å². The highest BCUT2D eigenvalue weighted by molar-refractivity contribution is 5.87. The highest BCUT2D eigenvalue weighted by Crippen LogP contribution is 2.31. The molecule has 2 aromatic heterocycles. The molecule has 0 aliphatic rings. The lowest BCUT2D eigenvalue weighted by Gasteiger charge is -2.18. The van der Waals surface area contributed by atoms with Crippen LogP contribution in [0.5, 0.6) is 0 Å². The Morgan fingerprint density at radius 2 is 1.74 bits per heavy atom. The van der Waals surface area contributed by atoms with Gasteiger partial charge in [0.05, 0.1) is 51.6 Å². The molecule has 4 rings (SSSR count). The van der Waals surface area contributed by atoms with Crippen molar-refractivity contribution in [3.63, 3.8) is 0 Å². The molecule has 0 spiro atoms. The third-order valence-corrected chi connectivity index (χ3v) is 5.53. The van der Waals surface area contributed by atoms with Crippen LogP contribution in [0.3, 0.4) is 0 Å². The third-order valence-electron chi connectivity index (χ3n) is 5.53. The molecule has 2 heterocycles. The zero-order valence-corrected chi connectivity index (χ0v) is 18.4. The molecule has 0 aliphatic carbocycles. The molecule has 0 unspecified atom stereocenters. The van der Waals surface area contributed by atoms with Crippen LogP contribution in [0.2, 0.25) is 0 Å². The summed E-state index contributed by atoms with van der Waals surface area (Å²) in [6.07, 6.45) is -2.92. The van der Waals surface area contributed by atoms with Crippen LogP contribution >= 0.6 is 0 Å². The first-order valence-electron chi connectivity index (χ1n) is 10.1. The maximum atomic E-state index is 13.3. The number of hydrogen-bond donors (Lipinski definition) is 0. The van der Waals surface area contributed by atoms with Crippen molar-refractivity contribution in [3.8, 4) is 28.7 Å². The van der Waals surface area contributed by atoms with Crippen molar-refractivity contribution in [2.75, 3.05) is 0 Å². The van der Waals surface area contributed by atoms with Crippen molar-refractivity contribution in [1.29, 1.82) is 5.26 Å². The number of rotatable bonds is 4. The molecule has 0 saturated carbocycles. The predicted octanol–water partition coefficient (Wildman–Crippen LogP) is 3.40. The summed E-state index contributed by atoms with van der Waals surface area (Å²) in [6, 6.07) is 12.3. The summed E-state index contributed by atoms with van der Waals surface area (Å²) in [4.78, 5) is 38.1. The highest BCUT2D eigenvalue weighted by atomic mass is 19.4. The Morgan fingerprint density at radius 1 is 1.06 bits per heavy atom. The molecule has 0 bridgehead atoms. The quantitative estimate of drug-likeness (QED) is 0.418. The van der Waals surface area contributed by atoms with E-state index >= 15 is 0 Å². The van der Waals surface area contributed by atoms with Gasteiger partial charge >= 0.3 is 11.9 Å². The Bertz CT molecular complexity index is 1620. The minimum atomic E-state index is -4.64. The van der Waals surface area contributed by atoms with Crippen molar-refractivity contribution in [3.05, 3.63) is 98.0 Å². The van der Waals surface area contributed by atoms with Gasteiger partial charge in [-0.3, -0.25) is 18.7 Å². The van der Waals surface area contributed by atoms with Crippen LogP contribution in [0.4, 0.5) is 13.2 Å². The number of nitrogens with zero attached hydrogens (tertiary/aromatic N) is 5. The molecule has 0 atom stereocenters. The number of nitriles is 1. The van der Waals surface area contributed by atoms with Gasteiger partial charge in [-0.15, -0.1) is 0 Å². The monoisotopic (exact) mass is 479 g/mol. The Labute approximate surface area is 195 Å². The van der Waals surface area contributed by atoms with Crippen LogP contribution in [0, 0.1) is 18.3 Å². The first kappa shape index (κ1) is 23.4. The maximum absolute atomic E-state index is 13.3. The lowest BCUT2D eigenvalue weighted by Crippen LogP contribution is -2.40. The topological polar surface area (TPSA) is 103 Å². The molecule has 0 fully saturated rings. The molecule has 11 heteroatoms. The van der Waals surface area contributed by atoms with Gasteiger partial charge in [0.25, 0.3) is 5.56 Å². The molecular formula is C24H16F3N5O3. The van der Waals surface area contributed by atoms with E-state index in [0.717, 1.165) is 27.3 Å². The molecule has 0 saturated heterocycles. The van der Waals surface area contributed by atoms with E-state index in [1.54, 1.807) is 12.1 Å². The second-order valence-corrected chi connectivity index (χ2v) is 7.63. The fourth-order valence-corrected chi connectivity index (χ4v) is 3.78. The standard InChI is InChI=1S/C24H16F3N5O3/c1-14-20(21-16(13-33)12-29-32(21)18-8-6-15(11-28)7-9-18)22(34)30(2)23(35)31(14)19-5-3-4-17(10-19)24(25,26)27/h3-10,12-13H,1-2H3. The zero-order chi connectivity index (χ0) is 25.5. The summed E-state index contributed by atoms with van der Waals surface area (Å²) in [6.45, 7) is 1.41. The Kier molecular flexibility index (Phi) is 5.74. The van der Waals surface area contributed by atoms with Crippen molar-refractivity contribution >= 4 is 6.29 Å². The number of hydrogen-bond acceptors (Lipinski definition) is 5. The normalized spacial score (nSPS) is 11.3. The molecule has 4 aromatic rings. The number of halogens is 3. The van der Waals surface area contributed by atoms with Gasteiger partial charge in [0.2, 0.25) is 0 Å². The number of aromatic nitrogens is 4. The van der Waals surface area contributed by atoms with Gasteiger partial charge < -0.3 is 0 Å². The number of carbonyl (C=O) groups is 1. The predicted molar refractivity (Wildman–Crippen MR) is 120 cm³/mol. The maximum Gasteiger partial charge on any atom is 0.416 e. The molecule has 176 valence electrons. The smallest absolute Gasteiger partial charge is 0.298 e. The number of carbonyl (C=O) groups excluding carboxylic acids is 1. The second-order valence-electron chi connectivity index (χ2n) is 7.63. The van der Waals surface area contributed by atoms with Crippen molar-refractivity contribution in [2.24, 2.45) is 7.05 Å². The Hall–Kier alpha value is -4.72. The van der Waals surface area contributed by atoms with Crippen LogP contribution < -0.4 is 11.2 Å². The van der Waals surface area contributed by atoms with E-state index in [9.17, 15) is 27.6 Å². The summed E-state index contributed by atoms with van der Waals surface area (Å²) in [7, 11) is 1.20. The van der Waals surface area contributed by atoms with E-state index < -0.39 is 23.0 Å². The fourth-order valence-electron chi connectivity index (χ4n) is 3.78. The first-order valence-corrected chi connectivity index (χ1v) is 10.1. The van der Waals surface area contributed by atoms with Gasteiger partial charge in [-0.2, -0.15) is 23.5 Å². The molecule has 0 aliphatic heterocycles. The summed E-state index contributed by atoms with van der Waals surface area (Å²) in [5.41, 5.74) is -1.85. The Balaban J connectivity index is 2.06. The van der Waals surface area contributed by atoms with Crippen molar-refractivity contribution in [1.82, 2.24) is 18.9 Å². The van der Waals surface area contributed by atoms with Crippen LogP contribution in [0.15, 0.2) is 64.3 Å². The number of alkyl halides is 3. The fraction of sp³-hybridized carbons (Fsp3) is 0.125. The first-order chi connectivity index (χ1) is 16.6. The van der Waals surface area contributed by atoms with Crippen LogP contribution in [0.25, 0.3) is 22.6 Å². The molecule has 35 heavy (non-hydrogen) atoms. The van der Waals surface area contributed by atoms with Crippen LogP contribution in [-0.4, -0.2) is 25.2 Å². The second kappa shape index (κ2) is 8.57. The summed E-state index contributed by atoms with van der Waals surface area (Å²) in [5.74, 6) is 0. The largest absolute Gasteiger partial charge is 0.416 e. The summed E-state index contributed by atoms with van der Waals surface area (Å²) >= 11 is 0. The molecule has 8 nitrogen and oxygen atoms in total. The summed E-state index contributed by atoms with van der Waals surface area (Å²) in [5, 5.41) is 13.2. The molecule has 0 radical (unpaired) electrons. The lowest BCUT2D eigenvalue weighted by atomic mass is 10.1. The van der Waals surface area contributed by atoms with Crippen molar-refractivity contribution in [2.45, 2.75) is 13.1 Å². The van der Waals surface area contributed by atoms with Crippen LogP contribution in [-0.2, 0) is 13.2 Å². The van der Waals surface area contributed by atoms with Gasteiger partial charge in [-0.1, -0.05) is 6.07 Å². The lowest BCUT2D eigenvalue weighted by molar-refractivity contribution is -0.137. The highest BCUT2D eigenvalue weighted by Gasteiger charge is 2.31. The molecule has 0 N–H and O–H groups in total. The summed E-state index contributed by atoms with van der Waals surface area (Å²) < 4.78 is 43.0. The van der Waals surface area contributed by atoms with Gasteiger partial charge in [0.15, 0.2) is 6.29 Å². The number of benzene rings is 2. The van der Waals surface area contributed by atoms with Crippen LogP contribution in [0.1, 0.15) is 27.2 Å². The van der Waals surface area contributed by atoms with Gasteiger partial charge in [-0.25, -0.2) is 9.48 Å². The van der Waals surface area contributed by atoms with E-state index in [4.69, 9.17) is 5.26 Å². The average molecular weight is 479 g/mol.